The van der Waals surface area contributed by atoms with Crippen molar-refractivity contribution >= 4 is 16.9 Å². The molecule has 188 valence electrons. The summed E-state index contributed by atoms with van der Waals surface area (Å²) in [5, 5.41) is 1.06. The van der Waals surface area contributed by atoms with Gasteiger partial charge in [0.05, 0.1) is 25.0 Å². The van der Waals surface area contributed by atoms with Gasteiger partial charge in [0.2, 0.25) is 0 Å². The van der Waals surface area contributed by atoms with Crippen LogP contribution in [-0.4, -0.2) is 34.2 Å². The van der Waals surface area contributed by atoms with Crippen molar-refractivity contribution in [1.29, 1.82) is 0 Å². The van der Waals surface area contributed by atoms with Crippen LogP contribution >= 0.6 is 0 Å². The van der Waals surface area contributed by atoms with Gasteiger partial charge in [0.25, 0.3) is 0 Å². The third-order valence-corrected chi connectivity index (χ3v) is 6.32. The van der Waals surface area contributed by atoms with Crippen molar-refractivity contribution in [2.24, 2.45) is 0 Å². The van der Waals surface area contributed by atoms with Gasteiger partial charge in [0.1, 0.15) is 0 Å². The molecule has 0 saturated carbocycles. The summed E-state index contributed by atoms with van der Waals surface area (Å²) in [4.78, 5) is 19.8. The fraction of sp³-hybridized carbons (Fsp3) is 0.500. The van der Waals surface area contributed by atoms with Crippen LogP contribution in [-0.2, 0) is 35.7 Å². The minimum atomic E-state index is -4.58. The number of ether oxygens (including phenoxy) is 2. The van der Waals surface area contributed by atoms with Gasteiger partial charge in [0.15, 0.2) is 5.69 Å². The van der Waals surface area contributed by atoms with Gasteiger partial charge in [0, 0.05) is 28.6 Å². The molecule has 1 aliphatic rings. The van der Waals surface area contributed by atoms with Crippen LogP contribution in [0.25, 0.3) is 10.9 Å². The van der Waals surface area contributed by atoms with Crippen LogP contribution < -0.4 is 4.74 Å². The van der Waals surface area contributed by atoms with E-state index in [0.29, 0.717) is 18.5 Å². The van der Waals surface area contributed by atoms with Gasteiger partial charge in [-0.2, -0.15) is 23.1 Å². The van der Waals surface area contributed by atoms with Gasteiger partial charge in [-0.15, -0.1) is 0 Å². The van der Waals surface area contributed by atoms with Crippen LogP contribution in [0.1, 0.15) is 73.0 Å². The highest BCUT2D eigenvalue weighted by Gasteiger charge is 2.35. The molecule has 0 amide bonds. The number of carbonyl (C=O) groups excluding carboxylic acids is 1. The minimum absolute atomic E-state index is 0.180. The lowest BCUT2D eigenvalue weighted by Gasteiger charge is -2.20. The average molecular weight is 490 g/mol. The zero-order chi connectivity index (χ0) is 25.4. The second-order valence-electron chi connectivity index (χ2n) is 9.88. The summed E-state index contributed by atoms with van der Waals surface area (Å²) in [6.07, 6.45) is 0.0857. The van der Waals surface area contributed by atoms with E-state index in [4.69, 9.17) is 9.47 Å². The Hall–Kier alpha value is -3.10. The van der Waals surface area contributed by atoms with E-state index < -0.39 is 17.3 Å². The number of aryl methyl sites for hydroxylation is 2. The van der Waals surface area contributed by atoms with Gasteiger partial charge in [-0.25, -0.2) is 4.79 Å². The van der Waals surface area contributed by atoms with Crippen molar-refractivity contribution in [2.45, 2.75) is 71.0 Å². The predicted octanol–water partition coefficient (Wildman–Crippen LogP) is 5.88. The first kappa shape index (κ1) is 25.0. The molecule has 3 aromatic rings. The quantitative estimate of drug-likeness (QED) is 0.319. The van der Waals surface area contributed by atoms with Crippen LogP contribution in [0.5, 0.6) is 6.01 Å². The molecule has 35 heavy (non-hydrogen) atoms. The molecule has 6 nitrogen and oxygen atoms in total. The highest BCUT2D eigenvalue weighted by Crippen LogP contribution is 2.34. The lowest BCUT2D eigenvalue weighted by atomic mass is 9.91. The Morgan fingerprint density at radius 2 is 1.77 bits per heavy atom. The van der Waals surface area contributed by atoms with Crippen LogP contribution in [0.4, 0.5) is 13.2 Å². The van der Waals surface area contributed by atoms with Crippen molar-refractivity contribution in [3.05, 3.63) is 52.5 Å². The molecule has 0 spiro atoms. The first-order valence-corrected chi connectivity index (χ1v) is 11.8. The fourth-order valence-corrected chi connectivity index (χ4v) is 4.54. The number of rotatable bonds is 6. The molecule has 4 rings (SSSR count). The molecule has 0 atom stereocenters. The third-order valence-electron chi connectivity index (χ3n) is 6.32. The molecule has 0 saturated heterocycles. The first-order chi connectivity index (χ1) is 16.5. The number of benzene rings is 1. The highest BCUT2D eigenvalue weighted by molar-refractivity contribution is 5.96. The fourth-order valence-electron chi connectivity index (χ4n) is 4.54. The number of esters is 1. The summed E-state index contributed by atoms with van der Waals surface area (Å²) in [5.74, 6) is -0.367. The molecule has 0 fully saturated rings. The number of fused-ring (bicyclic) bond motifs is 3. The molecule has 0 bridgehead atoms. The highest BCUT2D eigenvalue weighted by atomic mass is 19.4. The number of nitrogens with zero attached hydrogens (tertiary/aromatic N) is 3. The lowest BCUT2D eigenvalue weighted by Crippen LogP contribution is -2.19. The number of methoxy groups -OCH3 is 1. The molecular formula is C26H30F3N3O3. The topological polar surface area (TPSA) is 66.2 Å². The molecule has 0 aliphatic heterocycles. The first-order valence-electron chi connectivity index (χ1n) is 11.8. The summed E-state index contributed by atoms with van der Waals surface area (Å²) in [6, 6.07) is 6.31. The standard InChI is InChI=1S/C26H30F3N3O3/c1-25(2,3)21-15-22(26(27,28)29)31-24(30-21)35-13-7-12-32-19-9-6-5-8-17(19)18-14-16(23(33)34-4)10-11-20(18)32/h10-11,14-15H,5-9,12-13H2,1-4H3. The van der Waals surface area contributed by atoms with E-state index >= 15 is 0 Å². The molecule has 0 N–H and O–H groups in total. The Bertz CT molecular complexity index is 1210. The van der Waals surface area contributed by atoms with E-state index in [-0.39, 0.29) is 24.3 Å². The van der Waals surface area contributed by atoms with Crippen LogP contribution in [0.3, 0.4) is 0 Å². The van der Waals surface area contributed by atoms with Crippen molar-refractivity contribution in [2.75, 3.05) is 13.7 Å². The summed E-state index contributed by atoms with van der Waals surface area (Å²) in [6.45, 7) is 6.20. The smallest absolute Gasteiger partial charge is 0.433 e. The number of aromatic nitrogens is 3. The Kier molecular flexibility index (Phi) is 6.79. The molecule has 2 aromatic heterocycles. The number of carbonyl (C=O) groups is 1. The van der Waals surface area contributed by atoms with E-state index in [9.17, 15) is 18.0 Å². The molecule has 9 heteroatoms. The maximum atomic E-state index is 13.3. The van der Waals surface area contributed by atoms with Crippen LogP contribution in [0, 0.1) is 0 Å². The molecule has 2 heterocycles. The Morgan fingerprint density at radius 1 is 1.06 bits per heavy atom. The predicted molar refractivity (Wildman–Crippen MR) is 126 cm³/mol. The maximum Gasteiger partial charge on any atom is 0.433 e. The number of hydrogen-bond donors (Lipinski definition) is 0. The SMILES string of the molecule is COC(=O)c1ccc2c(c1)c1c(n2CCCOc2nc(C(C)(C)C)cc(C(F)(F)F)n2)CCCC1. The Labute approximate surface area is 202 Å². The summed E-state index contributed by atoms with van der Waals surface area (Å²) in [7, 11) is 1.37. The average Bonchev–Trinajstić information content (AvgIpc) is 3.13. The van der Waals surface area contributed by atoms with E-state index in [2.05, 4.69) is 14.5 Å². The van der Waals surface area contributed by atoms with Gasteiger partial charge >= 0.3 is 18.2 Å². The molecule has 1 aromatic carbocycles. The van der Waals surface area contributed by atoms with Gasteiger partial charge in [-0.3, -0.25) is 0 Å². The zero-order valence-corrected chi connectivity index (χ0v) is 20.5. The van der Waals surface area contributed by atoms with Gasteiger partial charge in [-0.05, 0) is 61.9 Å². The van der Waals surface area contributed by atoms with Crippen molar-refractivity contribution in [1.82, 2.24) is 14.5 Å². The number of halogens is 3. The van der Waals surface area contributed by atoms with Crippen molar-refractivity contribution in [3.63, 3.8) is 0 Å². The van der Waals surface area contributed by atoms with Gasteiger partial charge in [-0.1, -0.05) is 20.8 Å². The number of hydrogen-bond acceptors (Lipinski definition) is 5. The Morgan fingerprint density at radius 3 is 2.46 bits per heavy atom. The van der Waals surface area contributed by atoms with Crippen molar-refractivity contribution < 1.29 is 27.4 Å². The Balaban J connectivity index is 1.54. The molecule has 1 aliphatic carbocycles. The van der Waals surface area contributed by atoms with E-state index in [1.165, 1.54) is 18.4 Å². The molecule has 0 radical (unpaired) electrons. The summed E-state index contributed by atoms with van der Waals surface area (Å²) < 4.78 is 52.7. The van der Waals surface area contributed by atoms with E-state index in [1.54, 1.807) is 26.8 Å². The maximum absolute atomic E-state index is 13.3. The second-order valence-corrected chi connectivity index (χ2v) is 9.88. The summed E-state index contributed by atoms with van der Waals surface area (Å²) >= 11 is 0. The normalized spacial score (nSPS) is 14.1. The summed E-state index contributed by atoms with van der Waals surface area (Å²) in [5.41, 5.74) is 2.77. The van der Waals surface area contributed by atoms with E-state index in [0.717, 1.165) is 42.7 Å². The van der Waals surface area contributed by atoms with E-state index in [1.807, 2.05) is 12.1 Å². The molecule has 0 unspecified atom stereocenters. The molecular weight excluding hydrogens is 459 g/mol. The number of alkyl halides is 3. The minimum Gasteiger partial charge on any atom is -0.465 e. The zero-order valence-electron chi connectivity index (χ0n) is 20.5. The van der Waals surface area contributed by atoms with Crippen molar-refractivity contribution in [3.8, 4) is 6.01 Å². The largest absolute Gasteiger partial charge is 0.465 e. The monoisotopic (exact) mass is 489 g/mol. The van der Waals surface area contributed by atoms with Crippen LogP contribution in [0.2, 0.25) is 0 Å². The second kappa shape index (κ2) is 9.51. The lowest BCUT2D eigenvalue weighted by molar-refractivity contribution is -0.141. The van der Waals surface area contributed by atoms with Gasteiger partial charge < -0.3 is 14.0 Å². The third kappa shape index (κ3) is 5.28. The van der Waals surface area contributed by atoms with Crippen LogP contribution in [0.15, 0.2) is 24.3 Å².